The molecule has 0 aliphatic carbocycles. The van der Waals surface area contributed by atoms with E-state index in [9.17, 15) is 10.1 Å². The molecule has 0 aromatic heterocycles. The van der Waals surface area contributed by atoms with Gasteiger partial charge in [-0.05, 0) is 10.7 Å². The molecule has 0 saturated heterocycles. The average molecular weight is 246 g/mol. The van der Waals surface area contributed by atoms with E-state index in [0.29, 0.717) is 11.6 Å². The first-order valence-corrected chi connectivity index (χ1v) is 7.84. The normalized spacial score (nSPS) is 11.1. The van der Waals surface area contributed by atoms with Gasteiger partial charge in [-0.15, -0.1) is 11.6 Å². The number of hydrogen-bond donors (Lipinski definition) is 0. The molecule has 0 unspecified atom stereocenters. The molecule has 0 radical (unpaired) electrons. The van der Waals surface area contributed by atoms with Crippen LogP contribution in [0.2, 0.25) is 13.1 Å². The summed E-state index contributed by atoms with van der Waals surface area (Å²) in [6.45, 7) is 3.08. The molecule has 0 spiro atoms. The largest absolute Gasteiger partial charge is 0.625 e. The van der Waals surface area contributed by atoms with Gasteiger partial charge in [0.2, 0.25) is 0 Å². The summed E-state index contributed by atoms with van der Waals surface area (Å²) in [5, 5.41) is 10.7. The fourth-order valence-corrected chi connectivity index (χ4v) is 2.05. The summed E-state index contributed by atoms with van der Waals surface area (Å²) in [6.07, 6.45) is 0. The molecule has 82 valence electrons. The van der Waals surface area contributed by atoms with Crippen molar-refractivity contribution in [2.75, 3.05) is 0 Å². The third-order valence-electron chi connectivity index (χ3n) is 1.92. The van der Waals surface area contributed by atoms with Crippen LogP contribution in [0.5, 0.6) is 5.75 Å². The number of hydrogen-bond acceptors (Lipinski definition) is 3. The van der Waals surface area contributed by atoms with Gasteiger partial charge in [0.05, 0.1) is 5.88 Å². The lowest BCUT2D eigenvalue weighted by atomic mass is 10.2. The van der Waals surface area contributed by atoms with Gasteiger partial charge in [0, 0.05) is 18.7 Å². The third kappa shape index (κ3) is 2.94. The fraction of sp³-hybridized carbons (Fsp3) is 0.333. The number of alkyl halides is 1. The van der Waals surface area contributed by atoms with Gasteiger partial charge in [-0.3, -0.25) is 10.1 Å². The smallest absolute Gasteiger partial charge is 0.489 e. The lowest BCUT2D eigenvalue weighted by Crippen LogP contribution is -2.44. The Hall–Kier alpha value is -1.07. The topological polar surface area (TPSA) is 52.4 Å². The van der Waals surface area contributed by atoms with E-state index >= 15 is 0 Å². The molecule has 0 bridgehead atoms. The number of nitrogens with zero attached hydrogens (tertiary/aromatic N) is 1. The molecule has 1 aromatic rings. The van der Waals surface area contributed by atoms with Gasteiger partial charge in [-0.1, -0.05) is 18.2 Å². The maximum atomic E-state index is 10.7. The number of benzene rings is 1. The maximum Gasteiger partial charge on any atom is 0.625 e. The van der Waals surface area contributed by atoms with Gasteiger partial charge in [0.25, 0.3) is 0 Å². The predicted molar refractivity (Wildman–Crippen MR) is 61.1 cm³/mol. The Balaban J connectivity index is 2.94. The molecular weight excluding hydrogens is 234 g/mol. The second kappa shape index (κ2) is 4.63. The standard InChI is InChI=1S/C9H12ClNO3Si/c1-15(2,11(12)13)14-9-6-4-3-5-8(9)7-10/h3-6H,7H2,1-2H3. The lowest BCUT2D eigenvalue weighted by Gasteiger charge is -2.16. The van der Waals surface area contributed by atoms with E-state index in [2.05, 4.69) is 0 Å². The van der Waals surface area contributed by atoms with Gasteiger partial charge in [-0.2, -0.15) is 0 Å². The number of rotatable bonds is 4. The second-order valence-electron chi connectivity index (χ2n) is 3.55. The van der Waals surface area contributed by atoms with Crippen molar-refractivity contribution >= 4 is 20.1 Å². The fourth-order valence-electron chi connectivity index (χ4n) is 1.02. The minimum Gasteiger partial charge on any atom is -0.489 e. The minimum atomic E-state index is -2.91. The number of para-hydroxylation sites is 1. The molecule has 0 heterocycles. The lowest BCUT2D eigenvalue weighted by molar-refractivity contribution is -0.356. The van der Waals surface area contributed by atoms with Crippen molar-refractivity contribution in [2.45, 2.75) is 19.0 Å². The van der Waals surface area contributed by atoms with Crippen molar-refractivity contribution in [1.82, 2.24) is 0 Å². The summed E-state index contributed by atoms with van der Waals surface area (Å²) in [5.74, 6) is 0.805. The zero-order valence-electron chi connectivity index (χ0n) is 8.57. The van der Waals surface area contributed by atoms with E-state index in [0.717, 1.165) is 5.56 Å². The van der Waals surface area contributed by atoms with Gasteiger partial charge in [0.1, 0.15) is 5.75 Å². The molecule has 0 aliphatic heterocycles. The minimum absolute atomic E-state index is 0.290. The Labute approximate surface area is 94.2 Å². The quantitative estimate of drug-likeness (QED) is 0.355. The van der Waals surface area contributed by atoms with Crippen LogP contribution >= 0.6 is 11.6 Å². The number of halogens is 1. The molecule has 0 N–H and O–H groups in total. The molecule has 6 heteroatoms. The van der Waals surface area contributed by atoms with Crippen LogP contribution in [0, 0.1) is 10.1 Å². The van der Waals surface area contributed by atoms with Crippen molar-refractivity contribution in [3.05, 3.63) is 39.9 Å². The molecule has 1 aromatic carbocycles. The van der Waals surface area contributed by atoms with Crippen LogP contribution in [0.1, 0.15) is 5.56 Å². The maximum absolute atomic E-state index is 10.7. The molecule has 0 aliphatic rings. The molecule has 0 saturated carbocycles. The highest BCUT2D eigenvalue weighted by Crippen LogP contribution is 2.23. The van der Waals surface area contributed by atoms with Crippen molar-refractivity contribution in [3.63, 3.8) is 0 Å². The predicted octanol–water partition coefficient (Wildman–Crippen LogP) is 2.78. The van der Waals surface area contributed by atoms with Gasteiger partial charge >= 0.3 is 8.48 Å². The van der Waals surface area contributed by atoms with Crippen LogP contribution in [0.3, 0.4) is 0 Å². The van der Waals surface area contributed by atoms with Crippen molar-refractivity contribution in [3.8, 4) is 5.75 Å². The van der Waals surface area contributed by atoms with E-state index in [1.54, 1.807) is 18.2 Å². The Morgan fingerprint density at radius 2 is 2.07 bits per heavy atom. The molecule has 0 atom stereocenters. The summed E-state index contributed by atoms with van der Waals surface area (Å²) in [4.78, 5) is 10.7. The van der Waals surface area contributed by atoms with Crippen molar-refractivity contribution in [1.29, 1.82) is 0 Å². The zero-order valence-corrected chi connectivity index (χ0v) is 10.3. The zero-order chi connectivity index (χ0) is 11.5. The molecule has 0 amide bonds. The SMILES string of the molecule is C[Si](C)(Oc1ccccc1CCl)[N+](=O)[O-]. The first-order valence-electron chi connectivity index (χ1n) is 4.45. The highest BCUT2D eigenvalue weighted by molar-refractivity contribution is 6.63. The van der Waals surface area contributed by atoms with Crippen LogP contribution in [0.25, 0.3) is 0 Å². The molecule has 0 fully saturated rings. The van der Waals surface area contributed by atoms with E-state index in [-0.39, 0.29) is 4.59 Å². The Kier molecular flexibility index (Phi) is 3.70. The Morgan fingerprint density at radius 1 is 1.47 bits per heavy atom. The van der Waals surface area contributed by atoms with Gasteiger partial charge in [0.15, 0.2) is 0 Å². The molecule has 4 nitrogen and oxygen atoms in total. The first kappa shape index (κ1) is 12.0. The monoisotopic (exact) mass is 245 g/mol. The van der Waals surface area contributed by atoms with Crippen LogP contribution in [-0.2, 0) is 5.88 Å². The summed E-state index contributed by atoms with van der Waals surface area (Å²) in [7, 11) is -2.91. The highest BCUT2D eigenvalue weighted by Gasteiger charge is 2.43. The van der Waals surface area contributed by atoms with Gasteiger partial charge < -0.3 is 4.43 Å². The van der Waals surface area contributed by atoms with Crippen molar-refractivity contribution < 1.29 is 9.01 Å². The summed E-state index contributed by atoms with van der Waals surface area (Å²) >= 11 is 5.71. The second-order valence-corrected chi connectivity index (χ2v) is 7.28. The summed E-state index contributed by atoms with van der Waals surface area (Å²) in [6, 6.07) is 7.10. The highest BCUT2D eigenvalue weighted by atomic mass is 35.5. The van der Waals surface area contributed by atoms with E-state index in [1.807, 2.05) is 6.07 Å². The number of nitro groups is 1. The Morgan fingerprint density at radius 3 is 2.60 bits per heavy atom. The van der Waals surface area contributed by atoms with Crippen LogP contribution in [-0.4, -0.2) is 13.1 Å². The van der Waals surface area contributed by atoms with Crippen molar-refractivity contribution in [2.24, 2.45) is 0 Å². The van der Waals surface area contributed by atoms with E-state index in [4.69, 9.17) is 16.0 Å². The summed E-state index contributed by atoms with van der Waals surface area (Å²) < 4.78 is 5.11. The molecule has 15 heavy (non-hydrogen) atoms. The first-order chi connectivity index (χ1) is 6.97. The van der Waals surface area contributed by atoms with E-state index in [1.165, 1.54) is 13.1 Å². The summed E-state index contributed by atoms with van der Waals surface area (Å²) in [5.41, 5.74) is 0.779. The van der Waals surface area contributed by atoms with Crippen LogP contribution in [0.4, 0.5) is 0 Å². The van der Waals surface area contributed by atoms with Crippen LogP contribution in [0.15, 0.2) is 24.3 Å². The third-order valence-corrected chi connectivity index (χ3v) is 3.80. The van der Waals surface area contributed by atoms with Gasteiger partial charge in [-0.25, -0.2) is 0 Å². The Bertz CT molecular complexity index is 370. The average Bonchev–Trinajstić information content (AvgIpc) is 2.18. The van der Waals surface area contributed by atoms with Crippen LogP contribution < -0.4 is 4.43 Å². The molecular formula is C9H12ClNO3Si. The van der Waals surface area contributed by atoms with E-state index < -0.39 is 8.48 Å². The molecule has 1 rings (SSSR count).